The van der Waals surface area contributed by atoms with Crippen LogP contribution in [0.3, 0.4) is 0 Å². The van der Waals surface area contributed by atoms with Gasteiger partial charge in [0.15, 0.2) is 0 Å². The van der Waals surface area contributed by atoms with Gasteiger partial charge in [0.25, 0.3) is 0 Å². The van der Waals surface area contributed by atoms with Crippen LogP contribution >= 0.6 is 0 Å². The zero-order valence-corrected chi connectivity index (χ0v) is 11.6. The summed E-state index contributed by atoms with van der Waals surface area (Å²) in [5, 5.41) is 11.1. The fourth-order valence-electron chi connectivity index (χ4n) is 1.78. The number of nitrogens with zero attached hydrogens (tertiary/aromatic N) is 5. The van der Waals surface area contributed by atoms with Crippen molar-refractivity contribution in [3.8, 4) is 5.88 Å². The van der Waals surface area contributed by atoms with Crippen LogP contribution in [0.15, 0.2) is 18.5 Å². The monoisotopic (exact) mass is 262 g/mol. The Labute approximate surface area is 112 Å². The van der Waals surface area contributed by atoms with Crippen molar-refractivity contribution >= 4 is 11.4 Å². The van der Waals surface area contributed by atoms with Gasteiger partial charge in [-0.25, -0.2) is 4.98 Å². The third-order valence-corrected chi connectivity index (χ3v) is 2.82. The molecule has 0 bridgehead atoms. The van der Waals surface area contributed by atoms with E-state index >= 15 is 0 Å². The maximum absolute atomic E-state index is 5.30. The van der Waals surface area contributed by atoms with Gasteiger partial charge >= 0.3 is 0 Å². The lowest BCUT2D eigenvalue weighted by atomic mass is 10.3. The number of aromatic nitrogens is 4. The summed E-state index contributed by atoms with van der Waals surface area (Å²) in [6, 6.07) is 1.94. The van der Waals surface area contributed by atoms with Gasteiger partial charge in [0.1, 0.15) is 5.69 Å². The molecule has 2 aromatic heterocycles. The Kier molecular flexibility index (Phi) is 3.84. The Hall–Kier alpha value is -2.31. The minimum Gasteiger partial charge on any atom is -0.479 e. The van der Waals surface area contributed by atoms with Gasteiger partial charge in [-0.05, 0) is 6.07 Å². The highest BCUT2D eigenvalue weighted by Gasteiger charge is 2.12. The van der Waals surface area contributed by atoms with Crippen molar-refractivity contribution in [3.05, 3.63) is 24.2 Å². The second kappa shape index (κ2) is 5.55. The molecule has 0 aliphatic rings. The standard InChI is InChI=1S/C12H18N6O/c1-17(2)10-5-6-13-12(19-4)11(10)14-7-9-8-15-16-18(9)3/h5-6,8,14H,7H2,1-4H3. The number of hydrogen-bond donors (Lipinski definition) is 1. The molecular formula is C12H18N6O. The van der Waals surface area contributed by atoms with Crippen molar-refractivity contribution in [2.75, 3.05) is 31.4 Å². The Morgan fingerprint density at radius 1 is 1.42 bits per heavy atom. The van der Waals surface area contributed by atoms with Gasteiger partial charge in [0.05, 0.1) is 31.2 Å². The van der Waals surface area contributed by atoms with E-state index in [9.17, 15) is 0 Å². The maximum atomic E-state index is 5.30. The van der Waals surface area contributed by atoms with E-state index in [1.54, 1.807) is 24.2 Å². The van der Waals surface area contributed by atoms with E-state index < -0.39 is 0 Å². The van der Waals surface area contributed by atoms with E-state index in [-0.39, 0.29) is 0 Å². The summed E-state index contributed by atoms with van der Waals surface area (Å²) in [5.41, 5.74) is 2.86. The largest absolute Gasteiger partial charge is 0.479 e. The van der Waals surface area contributed by atoms with Gasteiger partial charge in [-0.2, -0.15) is 0 Å². The fraction of sp³-hybridized carbons (Fsp3) is 0.417. The first-order valence-corrected chi connectivity index (χ1v) is 5.91. The SMILES string of the molecule is COc1nccc(N(C)C)c1NCc1cnnn1C. The van der Waals surface area contributed by atoms with Gasteiger partial charge < -0.3 is 15.0 Å². The Balaban J connectivity index is 2.25. The minimum atomic E-state index is 0.571. The predicted molar refractivity (Wildman–Crippen MR) is 73.4 cm³/mol. The molecule has 7 nitrogen and oxygen atoms in total. The highest BCUT2D eigenvalue weighted by molar-refractivity contribution is 5.74. The number of methoxy groups -OCH3 is 1. The molecular weight excluding hydrogens is 244 g/mol. The lowest BCUT2D eigenvalue weighted by Gasteiger charge is -2.19. The molecule has 0 spiro atoms. The molecule has 0 atom stereocenters. The third-order valence-electron chi connectivity index (χ3n) is 2.82. The Bertz CT molecular complexity index is 551. The lowest BCUT2D eigenvalue weighted by Crippen LogP contribution is -2.14. The van der Waals surface area contributed by atoms with Crippen LogP contribution in [0.5, 0.6) is 5.88 Å². The predicted octanol–water partition coefficient (Wildman–Crippen LogP) is 0.897. The highest BCUT2D eigenvalue weighted by Crippen LogP contribution is 2.32. The zero-order chi connectivity index (χ0) is 13.8. The van der Waals surface area contributed by atoms with Crippen LogP contribution in [-0.2, 0) is 13.6 Å². The summed E-state index contributed by atoms with van der Waals surface area (Å²) in [7, 11) is 7.42. The second-order valence-electron chi connectivity index (χ2n) is 4.31. The van der Waals surface area contributed by atoms with Crippen LogP contribution in [0.4, 0.5) is 11.4 Å². The molecule has 2 heterocycles. The zero-order valence-electron chi connectivity index (χ0n) is 11.6. The Morgan fingerprint density at radius 3 is 2.79 bits per heavy atom. The minimum absolute atomic E-state index is 0.571. The van der Waals surface area contributed by atoms with Crippen molar-refractivity contribution < 1.29 is 4.74 Å². The third kappa shape index (κ3) is 2.75. The molecule has 0 radical (unpaired) electrons. The van der Waals surface area contributed by atoms with Crippen LogP contribution < -0.4 is 15.0 Å². The van der Waals surface area contributed by atoms with Crippen LogP contribution in [-0.4, -0.2) is 41.2 Å². The van der Waals surface area contributed by atoms with Crippen LogP contribution in [0.1, 0.15) is 5.69 Å². The molecule has 0 aliphatic carbocycles. The number of ether oxygens (including phenoxy) is 1. The highest BCUT2D eigenvalue weighted by atomic mass is 16.5. The fourth-order valence-corrected chi connectivity index (χ4v) is 1.78. The first-order chi connectivity index (χ1) is 9.13. The molecule has 19 heavy (non-hydrogen) atoms. The summed E-state index contributed by atoms with van der Waals surface area (Å²) in [6.07, 6.45) is 3.45. The molecule has 0 fully saturated rings. The average molecular weight is 262 g/mol. The van der Waals surface area contributed by atoms with Gasteiger partial charge in [0.2, 0.25) is 5.88 Å². The van der Waals surface area contributed by atoms with Crippen molar-refractivity contribution in [1.82, 2.24) is 20.0 Å². The molecule has 0 aliphatic heterocycles. The molecule has 2 aromatic rings. The normalized spacial score (nSPS) is 10.3. The molecule has 2 rings (SSSR count). The summed E-state index contributed by atoms with van der Waals surface area (Å²) in [5.74, 6) is 0.571. The second-order valence-corrected chi connectivity index (χ2v) is 4.31. The summed E-state index contributed by atoms with van der Waals surface area (Å²) in [6.45, 7) is 0.604. The number of anilines is 2. The van der Waals surface area contributed by atoms with Crippen molar-refractivity contribution in [3.63, 3.8) is 0 Å². The van der Waals surface area contributed by atoms with E-state index in [4.69, 9.17) is 4.74 Å². The molecule has 0 saturated heterocycles. The number of nitrogens with one attached hydrogen (secondary N) is 1. The topological polar surface area (TPSA) is 68.1 Å². The molecule has 0 saturated carbocycles. The first kappa shape index (κ1) is 13.1. The van der Waals surface area contributed by atoms with Gasteiger partial charge in [-0.3, -0.25) is 4.68 Å². The van der Waals surface area contributed by atoms with E-state index in [0.717, 1.165) is 17.1 Å². The van der Waals surface area contributed by atoms with Crippen molar-refractivity contribution in [1.29, 1.82) is 0 Å². The van der Waals surface area contributed by atoms with E-state index in [2.05, 4.69) is 20.6 Å². The molecule has 102 valence electrons. The van der Waals surface area contributed by atoms with Crippen LogP contribution in [0.2, 0.25) is 0 Å². The number of hydrogen-bond acceptors (Lipinski definition) is 6. The molecule has 1 N–H and O–H groups in total. The van der Waals surface area contributed by atoms with E-state index in [1.807, 2.05) is 32.1 Å². The Morgan fingerprint density at radius 2 is 2.21 bits per heavy atom. The summed E-state index contributed by atoms with van der Waals surface area (Å²) in [4.78, 5) is 6.22. The number of rotatable bonds is 5. The van der Waals surface area contributed by atoms with Gasteiger partial charge in [0, 0.05) is 27.3 Å². The van der Waals surface area contributed by atoms with Gasteiger partial charge in [-0.15, -0.1) is 5.10 Å². The van der Waals surface area contributed by atoms with Gasteiger partial charge in [-0.1, -0.05) is 5.21 Å². The number of aryl methyl sites for hydroxylation is 1. The van der Waals surface area contributed by atoms with E-state index in [0.29, 0.717) is 12.4 Å². The maximum Gasteiger partial charge on any atom is 0.239 e. The lowest BCUT2D eigenvalue weighted by molar-refractivity contribution is 0.399. The molecule has 0 unspecified atom stereocenters. The smallest absolute Gasteiger partial charge is 0.239 e. The van der Waals surface area contributed by atoms with Crippen LogP contribution in [0.25, 0.3) is 0 Å². The molecule has 0 amide bonds. The summed E-state index contributed by atoms with van der Waals surface area (Å²) >= 11 is 0. The summed E-state index contributed by atoms with van der Waals surface area (Å²) < 4.78 is 7.03. The average Bonchev–Trinajstić information content (AvgIpc) is 2.81. The van der Waals surface area contributed by atoms with Crippen molar-refractivity contribution in [2.45, 2.75) is 6.54 Å². The number of pyridine rings is 1. The molecule has 0 aromatic carbocycles. The van der Waals surface area contributed by atoms with Crippen molar-refractivity contribution in [2.24, 2.45) is 7.05 Å². The molecule has 7 heteroatoms. The van der Waals surface area contributed by atoms with Crippen LogP contribution in [0, 0.1) is 0 Å². The van der Waals surface area contributed by atoms with E-state index in [1.165, 1.54) is 0 Å². The first-order valence-electron chi connectivity index (χ1n) is 5.91. The quantitative estimate of drug-likeness (QED) is 0.863.